The molecule has 2 aromatic carbocycles. The van der Waals surface area contributed by atoms with Crippen LogP contribution in [0.2, 0.25) is 0 Å². The number of aromatic hydroxyl groups is 1. The summed E-state index contributed by atoms with van der Waals surface area (Å²) >= 11 is 1.45. The zero-order chi connectivity index (χ0) is 12.5. The zero-order valence-electron chi connectivity index (χ0n) is 9.46. The Hall–Kier alpha value is -2.00. The molecule has 0 saturated heterocycles. The van der Waals surface area contributed by atoms with Crippen LogP contribution in [0.1, 0.15) is 15.9 Å². The zero-order valence-corrected chi connectivity index (χ0v) is 10.3. The van der Waals surface area contributed by atoms with Crippen molar-refractivity contribution in [1.82, 2.24) is 0 Å². The van der Waals surface area contributed by atoms with Crippen molar-refractivity contribution in [2.45, 2.75) is 4.90 Å². The molecule has 0 bridgehead atoms. The summed E-state index contributed by atoms with van der Waals surface area (Å²) in [4.78, 5) is 13.8. The molecule has 0 amide bonds. The van der Waals surface area contributed by atoms with E-state index in [1.54, 1.807) is 24.3 Å². The number of para-hydroxylation sites is 1. The molecule has 0 saturated carbocycles. The van der Waals surface area contributed by atoms with Gasteiger partial charge in [-0.05, 0) is 24.3 Å². The molecule has 3 heteroatoms. The predicted molar refractivity (Wildman–Crippen MR) is 72.7 cm³/mol. The van der Waals surface area contributed by atoms with Gasteiger partial charge in [0.15, 0.2) is 0 Å². The maximum atomic E-state index is 12.1. The van der Waals surface area contributed by atoms with Crippen LogP contribution >= 0.6 is 11.8 Å². The molecule has 3 rings (SSSR count). The predicted octanol–water partition coefficient (Wildman–Crippen LogP) is 3.72. The molecule has 0 aliphatic carbocycles. The first kappa shape index (κ1) is 11.1. The second-order valence-corrected chi connectivity index (χ2v) is 5.08. The van der Waals surface area contributed by atoms with Gasteiger partial charge in [0.05, 0.1) is 4.91 Å². The summed E-state index contributed by atoms with van der Waals surface area (Å²) in [6, 6.07) is 14.5. The smallest absolute Gasteiger partial charge is 0.200 e. The lowest BCUT2D eigenvalue weighted by molar-refractivity contribution is 0.104. The van der Waals surface area contributed by atoms with Gasteiger partial charge < -0.3 is 5.11 Å². The molecule has 0 radical (unpaired) electrons. The third kappa shape index (κ3) is 1.83. The summed E-state index contributed by atoms with van der Waals surface area (Å²) in [7, 11) is 0. The topological polar surface area (TPSA) is 37.3 Å². The monoisotopic (exact) mass is 254 g/mol. The van der Waals surface area contributed by atoms with Gasteiger partial charge in [0.2, 0.25) is 5.78 Å². The fourth-order valence-electron chi connectivity index (χ4n) is 1.89. The summed E-state index contributed by atoms with van der Waals surface area (Å²) in [6.45, 7) is 0. The second-order valence-electron chi connectivity index (χ2n) is 3.99. The maximum Gasteiger partial charge on any atom is 0.200 e. The molecule has 0 unspecified atom stereocenters. The third-order valence-electron chi connectivity index (χ3n) is 2.80. The largest absolute Gasteiger partial charge is 0.507 e. The molecular weight excluding hydrogens is 244 g/mol. The summed E-state index contributed by atoms with van der Waals surface area (Å²) < 4.78 is 0. The van der Waals surface area contributed by atoms with Crippen LogP contribution in [0, 0.1) is 0 Å². The third-order valence-corrected chi connectivity index (χ3v) is 3.90. The minimum atomic E-state index is 0.0267. The lowest BCUT2D eigenvalue weighted by atomic mass is 10.1. The molecule has 1 aliphatic rings. The number of carbonyl (C=O) groups excluding carboxylic acids is 1. The molecule has 0 fully saturated rings. The summed E-state index contributed by atoms with van der Waals surface area (Å²) in [5, 5.41) is 9.71. The van der Waals surface area contributed by atoms with E-state index in [2.05, 4.69) is 0 Å². The van der Waals surface area contributed by atoms with Crippen molar-refractivity contribution in [2.75, 3.05) is 0 Å². The minimum Gasteiger partial charge on any atom is -0.507 e. The Morgan fingerprint density at radius 1 is 1.00 bits per heavy atom. The number of benzene rings is 2. The van der Waals surface area contributed by atoms with Gasteiger partial charge in [0, 0.05) is 16.0 Å². The lowest BCUT2D eigenvalue weighted by Gasteiger charge is -1.99. The minimum absolute atomic E-state index is 0.0267. The Kier molecular flexibility index (Phi) is 2.68. The van der Waals surface area contributed by atoms with E-state index in [4.69, 9.17) is 0 Å². The molecule has 0 spiro atoms. The van der Waals surface area contributed by atoms with Gasteiger partial charge in [-0.25, -0.2) is 0 Å². The Balaban J connectivity index is 2.02. The highest BCUT2D eigenvalue weighted by atomic mass is 32.2. The number of hydrogen-bond acceptors (Lipinski definition) is 3. The molecule has 2 nitrogen and oxygen atoms in total. The van der Waals surface area contributed by atoms with Gasteiger partial charge >= 0.3 is 0 Å². The number of phenols is 1. The first-order valence-electron chi connectivity index (χ1n) is 5.57. The number of hydrogen-bond donors (Lipinski definition) is 1. The number of Topliss-reactive ketones (excluding diaryl/α,β-unsaturated/α-hetero) is 1. The summed E-state index contributed by atoms with van der Waals surface area (Å²) in [6.07, 6.45) is 1.74. The van der Waals surface area contributed by atoms with Crippen LogP contribution in [0.15, 0.2) is 58.3 Å². The molecule has 18 heavy (non-hydrogen) atoms. The molecule has 2 aromatic rings. The number of fused-ring (bicyclic) bond motifs is 1. The quantitative estimate of drug-likeness (QED) is 0.788. The van der Waals surface area contributed by atoms with Crippen molar-refractivity contribution in [3.8, 4) is 5.75 Å². The highest BCUT2D eigenvalue weighted by molar-refractivity contribution is 8.04. The Bertz CT molecular complexity index is 659. The van der Waals surface area contributed by atoms with Crippen LogP contribution in [0.5, 0.6) is 5.75 Å². The molecular formula is C15H10O2S. The first-order chi connectivity index (χ1) is 8.75. The standard InChI is InChI=1S/C15H10O2S/c16-12-7-3-1-5-10(12)9-14-15(17)11-6-2-4-8-13(11)18-14/h1-9,16H/b14-9-. The fourth-order valence-corrected chi connectivity index (χ4v) is 2.93. The van der Waals surface area contributed by atoms with Gasteiger partial charge in [-0.2, -0.15) is 0 Å². The summed E-state index contributed by atoms with van der Waals surface area (Å²) in [5.74, 6) is 0.216. The highest BCUT2D eigenvalue weighted by Crippen LogP contribution is 2.41. The van der Waals surface area contributed by atoms with Crippen molar-refractivity contribution in [2.24, 2.45) is 0 Å². The van der Waals surface area contributed by atoms with E-state index in [9.17, 15) is 9.90 Å². The lowest BCUT2D eigenvalue weighted by Crippen LogP contribution is -1.93. The highest BCUT2D eigenvalue weighted by Gasteiger charge is 2.25. The molecule has 1 aliphatic heterocycles. The van der Waals surface area contributed by atoms with Gasteiger partial charge in [0.25, 0.3) is 0 Å². The van der Waals surface area contributed by atoms with Crippen LogP contribution in [-0.4, -0.2) is 10.9 Å². The van der Waals surface area contributed by atoms with Crippen LogP contribution in [0.4, 0.5) is 0 Å². The van der Waals surface area contributed by atoms with Crippen LogP contribution in [0.3, 0.4) is 0 Å². The summed E-state index contributed by atoms with van der Waals surface area (Å²) in [5.41, 5.74) is 1.41. The van der Waals surface area contributed by atoms with Crippen LogP contribution in [-0.2, 0) is 0 Å². The van der Waals surface area contributed by atoms with Gasteiger partial charge in [-0.3, -0.25) is 4.79 Å². The molecule has 1 N–H and O–H groups in total. The first-order valence-corrected chi connectivity index (χ1v) is 6.38. The van der Waals surface area contributed by atoms with Gasteiger partial charge in [0.1, 0.15) is 5.75 Å². The normalized spacial score (nSPS) is 16.0. The molecule has 1 heterocycles. The number of rotatable bonds is 1. The van der Waals surface area contributed by atoms with Crippen molar-refractivity contribution < 1.29 is 9.90 Å². The van der Waals surface area contributed by atoms with Gasteiger partial charge in [-0.15, -0.1) is 0 Å². The van der Waals surface area contributed by atoms with E-state index < -0.39 is 0 Å². The van der Waals surface area contributed by atoms with E-state index in [1.165, 1.54) is 11.8 Å². The Morgan fingerprint density at radius 3 is 2.50 bits per heavy atom. The fraction of sp³-hybridized carbons (Fsp3) is 0. The number of ketones is 1. The van der Waals surface area contributed by atoms with Crippen LogP contribution in [0.25, 0.3) is 6.08 Å². The van der Waals surface area contributed by atoms with Crippen molar-refractivity contribution in [3.05, 3.63) is 64.6 Å². The van der Waals surface area contributed by atoms with E-state index in [0.717, 1.165) is 10.5 Å². The van der Waals surface area contributed by atoms with E-state index in [1.807, 2.05) is 30.3 Å². The SMILES string of the molecule is O=C1/C(=C/c2ccccc2O)Sc2ccccc21. The molecule has 0 aromatic heterocycles. The number of allylic oxidation sites excluding steroid dienone is 1. The maximum absolute atomic E-state index is 12.1. The van der Waals surface area contributed by atoms with E-state index in [-0.39, 0.29) is 11.5 Å². The van der Waals surface area contributed by atoms with E-state index in [0.29, 0.717) is 10.5 Å². The van der Waals surface area contributed by atoms with Crippen molar-refractivity contribution in [3.63, 3.8) is 0 Å². The average Bonchev–Trinajstić information content (AvgIpc) is 2.70. The Morgan fingerprint density at radius 2 is 1.72 bits per heavy atom. The number of phenolic OH excluding ortho intramolecular Hbond substituents is 1. The van der Waals surface area contributed by atoms with E-state index >= 15 is 0 Å². The van der Waals surface area contributed by atoms with Crippen LogP contribution < -0.4 is 0 Å². The van der Waals surface area contributed by atoms with Gasteiger partial charge in [-0.1, -0.05) is 42.1 Å². The molecule has 0 atom stereocenters. The molecule has 88 valence electrons. The van der Waals surface area contributed by atoms with Crippen molar-refractivity contribution in [1.29, 1.82) is 0 Å². The average molecular weight is 254 g/mol. The second kappa shape index (κ2) is 4.35. The number of thioether (sulfide) groups is 1. The number of carbonyl (C=O) groups is 1. The Labute approximate surface area is 109 Å². The van der Waals surface area contributed by atoms with Crippen molar-refractivity contribution >= 4 is 23.6 Å².